The quantitative estimate of drug-likeness (QED) is 0.365. The molecule has 0 spiro atoms. The van der Waals surface area contributed by atoms with Gasteiger partial charge in [-0.25, -0.2) is 18.2 Å². The first-order valence-corrected chi connectivity index (χ1v) is 10.1. The van der Waals surface area contributed by atoms with E-state index < -0.39 is 28.9 Å². The molecular weight excluding hydrogens is 427 g/mol. The van der Waals surface area contributed by atoms with E-state index in [4.69, 9.17) is 0 Å². The second kappa shape index (κ2) is 8.65. The number of amides is 1. The zero-order valence-corrected chi connectivity index (χ0v) is 16.6. The maximum absolute atomic E-state index is 14.5. The Balaban J connectivity index is 1.68. The summed E-state index contributed by atoms with van der Waals surface area (Å²) in [7, 11) is 0. The molecule has 0 saturated carbocycles. The lowest BCUT2D eigenvalue weighted by atomic mass is 10.2. The van der Waals surface area contributed by atoms with Crippen LogP contribution in [-0.4, -0.2) is 21.2 Å². The number of nitrogens with zero attached hydrogens (tertiary/aromatic N) is 2. The minimum Gasteiger partial charge on any atom is -0.323 e. The van der Waals surface area contributed by atoms with Crippen molar-refractivity contribution in [3.05, 3.63) is 94.5 Å². The first-order valence-electron chi connectivity index (χ1n) is 9.08. The van der Waals surface area contributed by atoms with Crippen molar-refractivity contribution in [3.63, 3.8) is 0 Å². The highest BCUT2D eigenvalue weighted by Crippen LogP contribution is 2.23. The number of halogens is 3. The number of hydrogen-bond donors (Lipinski definition) is 1. The van der Waals surface area contributed by atoms with Gasteiger partial charge >= 0.3 is 0 Å². The van der Waals surface area contributed by atoms with Crippen molar-refractivity contribution in [1.82, 2.24) is 9.55 Å². The van der Waals surface area contributed by atoms with Crippen LogP contribution in [0, 0.1) is 17.5 Å². The highest BCUT2D eigenvalue weighted by atomic mass is 32.2. The molecule has 0 aliphatic rings. The summed E-state index contributed by atoms with van der Waals surface area (Å²) in [5, 5.41) is 2.74. The van der Waals surface area contributed by atoms with Crippen molar-refractivity contribution in [2.24, 2.45) is 0 Å². The Bertz CT molecular complexity index is 1360. The fourth-order valence-corrected chi connectivity index (χ4v) is 3.77. The average molecular weight is 441 g/mol. The number of nitrogens with one attached hydrogen (secondary N) is 1. The molecule has 1 heterocycles. The molecule has 0 aliphatic carbocycles. The van der Waals surface area contributed by atoms with Crippen LogP contribution in [0.2, 0.25) is 0 Å². The summed E-state index contributed by atoms with van der Waals surface area (Å²) in [4.78, 5) is 29.8. The monoisotopic (exact) mass is 441 g/mol. The fraction of sp³-hybridized carbons (Fsp3) is 0.0455. The van der Waals surface area contributed by atoms with Crippen LogP contribution in [0.25, 0.3) is 16.6 Å². The van der Waals surface area contributed by atoms with Gasteiger partial charge in [0.2, 0.25) is 5.91 Å². The summed E-state index contributed by atoms with van der Waals surface area (Å²) in [6.07, 6.45) is 0. The highest BCUT2D eigenvalue weighted by Gasteiger charge is 2.17. The predicted molar refractivity (Wildman–Crippen MR) is 113 cm³/mol. The van der Waals surface area contributed by atoms with Gasteiger partial charge in [0.1, 0.15) is 17.5 Å². The molecule has 9 heteroatoms. The van der Waals surface area contributed by atoms with Crippen LogP contribution < -0.4 is 10.9 Å². The summed E-state index contributed by atoms with van der Waals surface area (Å²) in [6.45, 7) is 0. The molecule has 1 N–H and O–H groups in total. The van der Waals surface area contributed by atoms with Crippen LogP contribution in [0.3, 0.4) is 0 Å². The number of thioether (sulfide) groups is 1. The van der Waals surface area contributed by atoms with Gasteiger partial charge in [-0.15, -0.1) is 0 Å². The molecule has 0 atom stereocenters. The summed E-state index contributed by atoms with van der Waals surface area (Å²) in [6, 6.07) is 15.1. The number of hydrogen-bond acceptors (Lipinski definition) is 4. The van der Waals surface area contributed by atoms with E-state index in [0.29, 0.717) is 17.0 Å². The Morgan fingerprint density at radius 1 is 0.968 bits per heavy atom. The van der Waals surface area contributed by atoms with E-state index >= 15 is 0 Å². The van der Waals surface area contributed by atoms with Gasteiger partial charge in [0, 0.05) is 6.07 Å². The highest BCUT2D eigenvalue weighted by molar-refractivity contribution is 7.99. The van der Waals surface area contributed by atoms with Crippen LogP contribution in [0.15, 0.2) is 76.7 Å². The number of carbonyl (C=O) groups excluding carboxylic acids is 1. The molecule has 4 aromatic rings. The lowest BCUT2D eigenvalue weighted by Gasteiger charge is -2.14. The number of anilines is 1. The molecule has 31 heavy (non-hydrogen) atoms. The first-order chi connectivity index (χ1) is 14.9. The zero-order valence-electron chi connectivity index (χ0n) is 15.8. The molecule has 0 aliphatic heterocycles. The van der Waals surface area contributed by atoms with Gasteiger partial charge in [0.05, 0.1) is 28.0 Å². The van der Waals surface area contributed by atoms with Gasteiger partial charge < -0.3 is 5.32 Å². The lowest BCUT2D eigenvalue weighted by molar-refractivity contribution is -0.113. The minimum absolute atomic E-state index is 0.00163. The average Bonchev–Trinajstić information content (AvgIpc) is 2.75. The van der Waals surface area contributed by atoms with Crippen LogP contribution in [0.5, 0.6) is 0 Å². The number of benzene rings is 3. The van der Waals surface area contributed by atoms with Crippen molar-refractivity contribution in [2.75, 3.05) is 11.1 Å². The summed E-state index contributed by atoms with van der Waals surface area (Å²) < 4.78 is 42.4. The van der Waals surface area contributed by atoms with E-state index in [-0.39, 0.29) is 22.3 Å². The van der Waals surface area contributed by atoms with E-state index in [1.807, 2.05) is 0 Å². The Morgan fingerprint density at radius 2 is 1.71 bits per heavy atom. The standard InChI is InChI=1S/C22H14F3N3O2S/c23-13-9-10-18(16(25)11-13)26-20(29)12-31-22-27-17-7-3-1-5-14(17)21(30)28(22)19-8-4-2-6-15(19)24/h1-11H,12H2,(H,26,29). The summed E-state index contributed by atoms with van der Waals surface area (Å²) >= 11 is 0.893. The van der Waals surface area contributed by atoms with Gasteiger partial charge in [-0.3, -0.25) is 14.2 Å². The largest absolute Gasteiger partial charge is 0.323 e. The third-order valence-electron chi connectivity index (χ3n) is 4.38. The van der Waals surface area contributed by atoms with Gasteiger partial charge in [0.15, 0.2) is 5.16 Å². The summed E-state index contributed by atoms with van der Waals surface area (Å²) in [5.74, 6) is -3.14. The van der Waals surface area contributed by atoms with Crippen molar-refractivity contribution in [2.45, 2.75) is 5.16 Å². The van der Waals surface area contributed by atoms with Gasteiger partial charge in [-0.05, 0) is 36.4 Å². The zero-order chi connectivity index (χ0) is 22.0. The molecular formula is C22H14F3N3O2S. The Hall–Kier alpha value is -3.59. The van der Waals surface area contributed by atoms with E-state index in [2.05, 4.69) is 10.3 Å². The Morgan fingerprint density at radius 3 is 2.48 bits per heavy atom. The normalized spacial score (nSPS) is 10.9. The second-order valence-corrected chi connectivity index (χ2v) is 7.41. The van der Waals surface area contributed by atoms with E-state index in [1.165, 1.54) is 18.2 Å². The van der Waals surface area contributed by atoms with E-state index in [9.17, 15) is 22.8 Å². The van der Waals surface area contributed by atoms with Crippen molar-refractivity contribution < 1.29 is 18.0 Å². The smallest absolute Gasteiger partial charge is 0.266 e. The third kappa shape index (κ3) is 4.31. The maximum atomic E-state index is 14.5. The molecule has 3 aromatic carbocycles. The second-order valence-electron chi connectivity index (χ2n) is 6.46. The fourth-order valence-electron chi connectivity index (χ4n) is 2.96. The molecule has 5 nitrogen and oxygen atoms in total. The predicted octanol–water partition coefficient (Wildman–Crippen LogP) is 4.53. The van der Waals surface area contributed by atoms with Gasteiger partial charge in [-0.1, -0.05) is 36.0 Å². The molecule has 0 fully saturated rings. The molecule has 156 valence electrons. The van der Waals surface area contributed by atoms with Gasteiger partial charge in [-0.2, -0.15) is 0 Å². The van der Waals surface area contributed by atoms with Crippen LogP contribution >= 0.6 is 11.8 Å². The van der Waals surface area contributed by atoms with Gasteiger partial charge in [0.25, 0.3) is 5.56 Å². The van der Waals surface area contributed by atoms with Crippen LogP contribution in [0.1, 0.15) is 0 Å². The van der Waals surface area contributed by atoms with E-state index in [1.54, 1.807) is 30.3 Å². The molecule has 0 unspecified atom stereocenters. The lowest BCUT2D eigenvalue weighted by Crippen LogP contribution is -2.23. The molecule has 1 aromatic heterocycles. The van der Waals surface area contributed by atoms with Crippen molar-refractivity contribution >= 4 is 34.3 Å². The molecule has 0 saturated heterocycles. The van der Waals surface area contributed by atoms with Crippen molar-refractivity contribution in [3.8, 4) is 5.69 Å². The SMILES string of the molecule is O=C(CSc1nc2ccccc2c(=O)n1-c1ccccc1F)Nc1ccc(F)cc1F. The number of aromatic nitrogens is 2. The topological polar surface area (TPSA) is 64.0 Å². The molecule has 1 amide bonds. The van der Waals surface area contributed by atoms with Crippen LogP contribution in [0.4, 0.5) is 18.9 Å². The molecule has 0 radical (unpaired) electrons. The Kier molecular flexibility index (Phi) is 5.77. The van der Waals surface area contributed by atoms with E-state index in [0.717, 1.165) is 28.5 Å². The number of rotatable bonds is 5. The Labute approximate surface area is 178 Å². The number of fused-ring (bicyclic) bond motifs is 1. The molecule has 0 bridgehead atoms. The first kappa shape index (κ1) is 20.7. The third-order valence-corrected chi connectivity index (χ3v) is 5.31. The number of carbonyl (C=O) groups is 1. The maximum Gasteiger partial charge on any atom is 0.266 e. The van der Waals surface area contributed by atoms with Crippen molar-refractivity contribution in [1.29, 1.82) is 0 Å². The van der Waals surface area contributed by atoms with Crippen LogP contribution in [-0.2, 0) is 4.79 Å². The molecule has 4 rings (SSSR count). The summed E-state index contributed by atoms with van der Waals surface area (Å²) in [5.41, 5.74) is -0.265. The number of para-hydroxylation sites is 2. The minimum atomic E-state index is -0.912.